The van der Waals surface area contributed by atoms with Gasteiger partial charge in [0, 0.05) is 11.8 Å². The third kappa shape index (κ3) is 3.67. The largest absolute Gasteiger partial charge is 0.512 e. The minimum atomic E-state index is -6.12. The van der Waals surface area contributed by atoms with E-state index in [1.807, 2.05) is 0 Å². The summed E-state index contributed by atoms with van der Waals surface area (Å²) in [5.74, 6) is -0.0515. The Labute approximate surface area is 142 Å². The lowest BCUT2D eigenvalue weighted by molar-refractivity contribution is -0.235. The number of alkyl halides is 3. The van der Waals surface area contributed by atoms with Gasteiger partial charge in [0.2, 0.25) is 0 Å². The summed E-state index contributed by atoms with van der Waals surface area (Å²) in [4.78, 5) is 0. The molecular weight excluding hydrogens is 391 g/mol. The van der Waals surface area contributed by atoms with Crippen molar-refractivity contribution in [2.75, 3.05) is 6.61 Å². The van der Waals surface area contributed by atoms with E-state index in [4.69, 9.17) is 0 Å². The van der Waals surface area contributed by atoms with Crippen molar-refractivity contribution in [3.8, 4) is 0 Å². The molecule has 13 heteroatoms. The molecule has 0 aliphatic heterocycles. The summed E-state index contributed by atoms with van der Waals surface area (Å²) in [5, 5.41) is 21.1. The van der Waals surface area contributed by atoms with E-state index in [-0.39, 0.29) is 25.2 Å². The van der Waals surface area contributed by atoms with Gasteiger partial charge >= 0.3 is 25.8 Å². The van der Waals surface area contributed by atoms with Crippen LogP contribution in [0, 0.1) is 11.3 Å². The highest BCUT2D eigenvalue weighted by Crippen LogP contribution is 2.63. The van der Waals surface area contributed by atoms with Crippen LogP contribution in [-0.2, 0) is 24.5 Å². The predicted octanol–water partition coefficient (Wildman–Crippen LogP) is 0.133. The number of aliphatic hydroxyl groups is 2. The molecule has 4 fully saturated rings. The average Bonchev–Trinajstić information content (AvgIpc) is 2.29. The average molecular weight is 409 g/mol. The molecule has 3 N–H and O–H groups in total. The zero-order valence-corrected chi connectivity index (χ0v) is 14.5. The highest BCUT2D eigenvalue weighted by atomic mass is 32.3. The SMILES string of the molecule is O=S(=O)(NS(=O)(=O)C(F)(F)F)OCC12CC3CC(O)(CC(O)(C3)C1)C2. The standard InChI is InChI=1S/C12H18F3NO7S2/c13-12(14,15)24(19,20)16-25(21,22)23-7-9-1-8-2-10(17,4-9)6-11(18,3-8)5-9/h8,16-18H,1-7H2. The van der Waals surface area contributed by atoms with E-state index in [2.05, 4.69) is 4.18 Å². The molecule has 4 saturated carbocycles. The van der Waals surface area contributed by atoms with Crippen LogP contribution < -0.4 is 4.13 Å². The minimum absolute atomic E-state index is 0.0515. The molecule has 4 aliphatic carbocycles. The molecule has 25 heavy (non-hydrogen) atoms. The Bertz CT molecular complexity index is 761. The fraction of sp³-hybridized carbons (Fsp3) is 1.00. The van der Waals surface area contributed by atoms with Gasteiger partial charge in [-0.15, -0.1) is 0 Å². The maximum absolute atomic E-state index is 12.3. The fourth-order valence-electron chi connectivity index (χ4n) is 5.10. The lowest BCUT2D eigenvalue weighted by Gasteiger charge is -2.63. The molecular formula is C12H18F3NO7S2. The molecule has 4 bridgehead atoms. The molecule has 0 spiro atoms. The molecule has 4 aliphatic rings. The smallest absolute Gasteiger partial charge is 0.390 e. The second-order valence-electron chi connectivity index (χ2n) is 7.71. The summed E-state index contributed by atoms with van der Waals surface area (Å²) in [6.45, 7) is -0.614. The first kappa shape index (κ1) is 19.3. The Hall–Kier alpha value is -0.470. The van der Waals surface area contributed by atoms with Crippen LogP contribution in [0.2, 0.25) is 0 Å². The maximum atomic E-state index is 12.3. The fourth-order valence-corrected chi connectivity index (χ4v) is 7.15. The van der Waals surface area contributed by atoms with Crippen LogP contribution in [0.4, 0.5) is 13.2 Å². The summed E-state index contributed by atoms with van der Waals surface area (Å²) < 4.78 is 86.9. The molecule has 0 aromatic carbocycles. The molecule has 0 aromatic rings. The predicted molar refractivity (Wildman–Crippen MR) is 76.5 cm³/mol. The zero-order chi connectivity index (χ0) is 18.9. The van der Waals surface area contributed by atoms with Crippen LogP contribution >= 0.6 is 0 Å². The number of nitrogens with one attached hydrogen (secondary N) is 1. The van der Waals surface area contributed by atoms with E-state index >= 15 is 0 Å². The Balaban J connectivity index is 1.73. The van der Waals surface area contributed by atoms with Crippen molar-refractivity contribution >= 4 is 20.3 Å². The first-order chi connectivity index (χ1) is 11.1. The van der Waals surface area contributed by atoms with Gasteiger partial charge in [-0.05, 0) is 38.0 Å². The van der Waals surface area contributed by atoms with Crippen molar-refractivity contribution in [2.24, 2.45) is 11.3 Å². The summed E-state index contributed by atoms with van der Waals surface area (Å²) in [6.07, 6.45) is 1.81. The van der Waals surface area contributed by atoms with Crippen molar-refractivity contribution in [2.45, 2.75) is 55.2 Å². The minimum Gasteiger partial charge on any atom is -0.390 e. The zero-order valence-electron chi connectivity index (χ0n) is 12.9. The first-order valence-electron chi connectivity index (χ1n) is 7.51. The Morgan fingerprint density at radius 1 is 1.00 bits per heavy atom. The number of sulfonamides is 1. The number of hydrogen-bond donors (Lipinski definition) is 3. The maximum Gasteiger partial charge on any atom is 0.512 e. The number of rotatable bonds is 5. The lowest BCUT2D eigenvalue weighted by atomic mass is 9.46. The molecule has 2 unspecified atom stereocenters. The summed E-state index contributed by atoms with van der Waals surface area (Å²) in [7, 11) is -11.3. The topological polar surface area (TPSA) is 130 Å². The van der Waals surface area contributed by atoms with Gasteiger partial charge in [0.15, 0.2) is 0 Å². The van der Waals surface area contributed by atoms with E-state index in [0.29, 0.717) is 23.4 Å². The van der Waals surface area contributed by atoms with Gasteiger partial charge in [-0.1, -0.05) is 4.13 Å². The van der Waals surface area contributed by atoms with Crippen LogP contribution in [0.15, 0.2) is 0 Å². The van der Waals surface area contributed by atoms with Gasteiger partial charge in [-0.3, -0.25) is 4.18 Å². The second-order valence-corrected chi connectivity index (χ2v) is 11.0. The Kier molecular flexibility index (Phi) is 4.08. The van der Waals surface area contributed by atoms with E-state index < -0.39 is 49.1 Å². The molecule has 8 nitrogen and oxygen atoms in total. The molecule has 0 radical (unpaired) electrons. The van der Waals surface area contributed by atoms with Crippen molar-refractivity contribution in [1.29, 1.82) is 0 Å². The molecule has 0 amide bonds. The van der Waals surface area contributed by atoms with Crippen molar-refractivity contribution < 1.29 is 44.4 Å². The van der Waals surface area contributed by atoms with E-state index in [1.165, 1.54) is 0 Å². The first-order valence-corrected chi connectivity index (χ1v) is 10.4. The normalized spacial score (nSPS) is 41.2. The highest BCUT2D eigenvalue weighted by Gasteiger charge is 2.63. The summed E-state index contributed by atoms with van der Waals surface area (Å²) >= 11 is 0. The van der Waals surface area contributed by atoms with E-state index in [1.54, 1.807) is 0 Å². The van der Waals surface area contributed by atoms with E-state index in [0.717, 1.165) is 0 Å². The van der Waals surface area contributed by atoms with Crippen molar-refractivity contribution in [3.63, 3.8) is 0 Å². The molecule has 0 aromatic heterocycles. The molecule has 146 valence electrons. The Morgan fingerprint density at radius 3 is 1.96 bits per heavy atom. The molecule has 4 rings (SSSR count). The highest BCUT2D eigenvalue weighted by molar-refractivity contribution is 8.03. The van der Waals surface area contributed by atoms with Crippen LogP contribution in [0.3, 0.4) is 0 Å². The third-order valence-electron chi connectivity index (χ3n) is 5.16. The van der Waals surface area contributed by atoms with Crippen LogP contribution in [0.5, 0.6) is 0 Å². The third-order valence-corrected chi connectivity index (χ3v) is 7.89. The Morgan fingerprint density at radius 2 is 1.52 bits per heavy atom. The second kappa shape index (κ2) is 5.29. The molecule has 0 heterocycles. The van der Waals surface area contributed by atoms with Crippen LogP contribution in [-0.4, -0.2) is 50.4 Å². The van der Waals surface area contributed by atoms with Gasteiger partial charge in [0.05, 0.1) is 17.8 Å². The van der Waals surface area contributed by atoms with Crippen molar-refractivity contribution in [1.82, 2.24) is 4.13 Å². The van der Waals surface area contributed by atoms with Gasteiger partial charge in [-0.2, -0.15) is 21.6 Å². The molecule has 2 atom stereocenters. The van der Waals surface area contributed by atoms with Crippen LogP contribution in [0.1, 0.15) is 38.5 Å². The monoisotopic (exact) mass is 409 g/mol. The van der Waals surface area contributed by atoms with Gasteiger partial charge in [0.1, 0.15) is 0 Å². The number of hydrogen-bond acceptors (Lipinski definition) is 7. The van der Waals surface area contributed by atoms with Gasteiger partial charge < -0.3 is 10.2 Å². The van der Waals surface area contributed by atoms with Gasteiger partial charge in [-0.25, -0.2) is 8.42 Å². The summed E-state index contributed by atoms with van der Waals surface area (Å²) in [5.41, 5.74) is -9.08. The lowest BCUT2D eigenvalue weighted by Crippen LogP contribution is -2.64. The van der Waals surface area contributed by atoms with E-state index in [9.17, 15) is 40.2 Å². The summed E-state index contributed by atoms with van der Waals surface area (Å²) in [6, 6.07) is 0. The number of halogens is 3. The van der Waals surface area contributed by atoms with Crippen molar-refractivity contribution in [3.05, 3.63) is 0 Å². The van der Waals surface area contributed by atoms with Gasteiger partial charge in [0.25, 0.3) is 0 Å². The molecule has 0 saturated heterocycles. The quantitative estimate of drug-likeness (QED) is 0.589. The van der Waals surface area contributed by atoms with Crippen LogP contribution in [0.25, 0.3) is 0 Å².